The van der Waals surface area contributed by atoms with Gasteiger partial charge in [-0.2, -0.15) is 0 Å². The summed E-state index contributed by atoms with van der Waals surface area (Å²) >= 11 is 0. The van der Waals surface area contributed by atoms with Crippen LogP contribution < -0.4 is 11.4 Å². The van der Waals surface area contributed by atoms with Gasteiger partial charge in [-0.25, -0.2) is 4.79 Å². The summed E-state index contributed by atoms with van der Waals surface area (Å²) in [5, 5.41) is 9.68. The minimum Gasteiger partial charge on any atom is -0.481 e. The van der Waals surface area contributed by atoms with Crippen molar-refractivity contribution in [2.24, 2.45) is 0 Å². The molecule has 2 rings (SSSR count). The maximum absolute atomic E-state index is 13.5. The van der Waals surface area contributed by atoms with Crippen LogP contribution in [0.2, 0.25) is 0 Å². The highest BCUT2D eigenvalue weighted by atomic mass is 16.6. The number of methoxy groups -OCH3 is 1. The number of aryl methyl sites for hydroxylation is 2. The van der Waals surface area contributed by atoms with Gasteiger partial charge < -0.3 is 72.3 Å². The first kappa shape index (κ1) is 52.9. The number of amides is 1. The average Bonchev–Trinajstić information content (AvgIpc) is 3.22. The fourth-order valence-electron chi connectivity index (χ4n) is 5.54. The zero-order valence-corrected chi connectivity index (χ0v) is 36.0. The van der Waals surface area contributed by atoms with E-state index in [2.05, 4.69) is 0 Å². The number of ether oxygens (including phenoxy) is 11. The number of carboxylic acids is 1. The molecule has 2 aromatic rings. The number of nitrogens with two attached hydrogens (primary N) is 1. The van der Waals surface area contributed by atoms with Gasteiger partial charge >= 0.3 is 11.6 Å². The number of aliphatic carboxylic acids is 1. The van der Waals surface area contributed by atoms with Gasteiger partial charge in [0.2, 0.25) is 5.91 Å². The number of nitrogens with zero attached hydrogens (tertiary/aromatic N) is 1. The Balaban J connectivity index is 1.44. The van der Waals surface area contributed by atoms with Crippen LogP contribution in [-0.4, -0.2) is 181 Å². The Bertz CT molecular complexity index is 1480. The number of unbranched alkanes of at least 4 members (excludes halogenated alkanes) is 2. The minimum absolute atomic E-state index is 0.0764. The normalized spacial score (nSPS) is 11.5. The molecule has 0 aliphatic carbocycles. The SMILES string of the molecule is COCCOCCOCCOCCOCCOCCOCCOCCOCCOCCOCCN(CCCCCC(=O)O)C(=O)Cc1c(C)c2cc(C)c(N)cc2oc1=O. The number of carbonyl (C=O) groups is 2. The van der Waals surface area contributed by atoms with E-state index in [-0.39, 0.29) is 25.4 Å². The number of benzene rings is 1. The zero-order chi connectivity index (χ0) is 43.5. The van der Waals surface area contributed by atoms with Gasteiger partial charge in [0.25, 0.3) is 0 Å². The number of anilines is 1. The van der Waals surface area contributed by atoms with Crippen molar-refractivity contribution in [3.63, 3.8) is 0 Å². The molecule has 0 atom stereocenters. The van der Waals surface area contributed by atoms with Crippen molar-refractivity contribution >= 4 is 28.5 Å². The fraction of sp³-hybridized carbons (Fsp3) is 0.738. The van der Waals surface area contributed by atoms with E-state index in [0.29, 0.717) is 187 Å². The van der Waals surface area contributed by atoms with Crippen LogP contribution in [0.3, 0.4) is 0 Å². The van der Waals surface area contributed by atoms with E-state index < -0.39 is 11.6 Å². The van der Waals surface area contributed by atoms with Crippen molar-refractivity contribution in [1.82, 2.24) is 4.90 Å². The van der Waals surface area contributed by atoms with Gasteiger partial charge in [0, 0.05) is 43.8 Å². The molecule has 0 aliphatic rings. The molecule has 18 nitrogen and oxygen atoms in total. The highest BCUT2D eigenvalue weighted by Gasteiger charge is 2.20. The van der Waals surface area contributed by atoms with Gasteiger partial charge in [0.15, 0.2) is 0 Å². The molecule has 60 heavy (non-hydrogen) atoms. The summed E-state index contributed by atoms with van der Waals surface area (Å²) in [6.45, 7) is 14.1. The van der Waals surface area contributed by atoms with Gasteiger partial charge in [-0.1, -0.05) is 6.42 Å². The lowest BCUT2D eigenvalue weighted by atomic mass is 10.0. The van der Waals surface area contributed by atoms with Gasteiger partial charge in [0.1, 0.15) is 5.58 Å². The molecule has 0 aliphatic heterocycles. The average molecular weight is 859 g/mol. The van der Waals surface area contributed by atoms with E-state index in [9.17, 15) is 14.4 Å². The lowest BCUT2D eigenvalue weighted by Crippen LogP contribution is -2.37. The topological polar surface area (TPSA) is 215 Å². The largest absolute Gasteiger partial charge is 0.481 e. The second-order valence-electron chi connectivity index (χ2n) is 13.6. The van der Waals surface area contributed by atoms with E-state index in [1.54, 1.807) is 25.0 Å². The van der Waals surface area contributed by atoms with Crippen LogP contribution in [0.1, 0.15) is 42.4 Å². The summed E-state index contributed by atoms with van der Waals surface area (Å²) in [4.78, 5) is 38.9. The quantitative estimate of drug-likeness (QED) is 0.0559. The van der Waals surface area contributed by atoms with Crippen molar-refractivity contribution in [2.45, 2.75) is 46.0 Å². The Morgan fingerprint density at radius 1 is 0.600 bits per heavy atom. The molecule has 0 saturated heterocycles. The predicted octanol–water partition coefficient (Wildman–Crippen LogP) is 2.82. The third kappa shape index (κ3) is 25.5. The smallest absolute Gasteiger partial charge is 0.340 e. The highest BCUT2D eigenvalue weighted by molar-refractivity contribution is 5.87. The van der Waals surface area contributed by atoms with E-state index in [1.165, 1.54) is 0 Å². The maximum Gasteiger partial charge on any atom is 0.340 e. The van der Waals surface area contributed by atoms with Crippen molar-refractivity contribution in [2.75, 3.05) is 165 Å². The second-order valence-corrected chi connectivity index (χ2v) is 13.6. The molecule has 18 heteroatoms. The van der Waals surface area contributed by atoms with Crippen molar-refractivity contribution in [1.29, 1.82) is 0 Å². The highest BCUT2D eigenvalue weighted by Crippen LogP contribution is 2.25. The molecular weight excluding hydrogens is 788 g/mol. The summed E-state index contributed by atoms with van der Waals surface area (Å²) in [5.74, 6) is -1.08. The number of rotatable bonds is 41. The molecule has 1 aromatic heterocycles. The Labute approximate surface area is 354 Å². The molecule has 0 bridgehead atoms. The molecule has 1 aromatic carbocycles. The molecule has 0 unspecified atom stereocenters. The molecule has 0 radical (unpaired) electrons. The summed E-state index contributed by atoms with van der Waals surface area (Å²) in [6, 6.07) is 3.48. The lowest BCUT2D eigenvalue weighted by molar-refractivity contribution is -0.137. The molecular formula is C42H70N2O16. The Morgan fingerprint density at radius 3 is 1.43 bits per heavy atom. The first-order valence-electron chi connectivity index (χ1n) is 20.8. The number of carboxylic acid groups (broad SMARTS) is 1. The van der Waals surface area contributed by atoms with E-state index in [1.807, 2.05) is 13.0 Å². The monoisotopic (exact) mass is 858 g/mol. The molecule has 0 saturated carbocycles. The maximum atomic E-state index is 13.5. The fourth-order valence-corrected chi connectivity index (χ4v) is 5.54. The predicted molar refractivity (Wildman–Crippen MR) is 223 cm³/mol. The standard InChI is InChI=1S/C42H70N2O16/c1-34-31-36-35(2)37(42(48)60-39(36)33-38(34)43)32-40(45)44(8-6-4-5-7-41(46)47)9-10-50-13-14-52-17-18-54-21-22-56-25-26-58-29-30-59-28-27-57-24-23-55-20-19-53-16-15-51-12-11-49-3/h31,33H,4-30,32,43H2,1-3H3,(H,46,47). The number of hydrogen-bond donors (Lipinski definition) is 2. The number of carbonyl (C=O) groups excluding carboxylic acids is 1. The van der Waals surface area contributed by atoms with Crippen molar-refractivity contribution in [3.8, 4) is 0 Å². The number of hydrogen-bond acceptors (Lipinski definition) is 16. The zero-order valence-electron chi connectivity index (χ0n) is 36.0. The minimum atomic E-state index is -0.849. The van der Waals surface area contributed by atoms with Crippen molar-refractivity contribution < 1.29 is 71.2 Å². The van der Waals surface area contributed by atoms with E-state index in [4.69, 9.17) is 67.4 Å². The molecule has 3 N–H and O–H groups in total. The van der Waals surface area contributed by atoms with E-state index >= 15 is 0 Å². The van der Waals surface area contributed by atoms with E-state index in [0.717, 1.165) is 10.9 Å². The van der Waals surface area contributed by atoms with Crippen LogP contribution in [0.15, 0.2) is 21.3 Å². The summed E-state index contributed by atoms with van der Waals surface area (Å²) in [6.07, 6.45) is 1.76. The van der Waals surface area contributed by atoms with Crippen LogP contribution >= 0.6 is 0 Å². The van der Waals surface area contributed by atoms with Crippen LogP contribution in [0.25, 0.3) is 11.0 Å². The number of fused-ring (bicyclic) bond motifs is 1. The first-order chi connectivity index (χ1) is 29.2. The molecule has 1 amide bonds. The third-order valence-corrected chi connectivity index (χ3v) is 8.96. The van der Waals surface area contributed by atoms with Gasteiger partial charge in [-0.05, 0) is 43.9 Å². The molecule has 344 valence electrons. The second kappa shape index (κ2) is 35.3. The molecule has 1 heterocycles. The van der Waals surface area contributed by atoms with Crippen molar-refractivity contribution in [3.05, 3.63) is 39.2 Å². The molecule has 0 fully saturated rings. The summed E-state index contributed by atoms with van der Waals surface area (Å²) in [5.41, 5.74) is 8.16. The van der Waals surface area contributed by atoms with Crippen LogP contribution in [0.4, 0.5) is 5.69 Å². The third-order valence-electron chi connectivity index (χ3n) is 8.96. The van der Waals surface area contributed by atoms with Gasteiger partial charge in [0.05, 0.1) is 151 Å². The van der Waals surface area contributed by atoms with Gasteiger partial charge in [-0.3, -0.25) is 9.59 Å². The Hall–Kier alpha value is -3.27. The number of nitrogen functional groups attached to an aromatic ring is 1. The van der Waals surface area contributed by atoms with Gasteiger partial charge in [-0.15, -0.1) is 0 Å². The van der Waals surface area contributed by atoms with Crippen LogP contribution in [-0.2, 0) is 68.1 Å². The Morgan fingerprint density at radius 2 is 1.02 bits per heavy atom. The summed E-state index contributed by atoms with van der Waals surface area (Å²) in [7, 11) is 1.64. The Kier molecular flexibility index (Phi) is 31.1. The van der Waals surface area contributed by atoms with Crippen LogP contribution in [0.5, 0.6) is 0 Å². The molecule has 0 spiro atoms. The van der Waals surface area contributed by atoms with Crippen LogP contribution in [0, 0.1) is 13.8 Å². The first-order valence-corrected chi connectivity index (χ1v) is 20.8. The summed E-state index contributed by atoms with van der Waals surface area (Å²) < 4.78 is 65.4. The lowest BCUT2D eigenvalue weighted by Gasteiger charge is -2.23.